The zero-order chi connectivity index (χ0) is 19.8. The lowest BCUT2D eigenvalue weighted by Crippen LogP contribution is -2.52. The van der Waals surface area contributed by atoms with E-state index in [1.165, 1.54) is 0 Å². The first kappa shape index (κ1) is 23.5. The minimum atomic E-state index is 0. The summed E-state index contributed by atoms with van der Waals surface area (Å²) in [5, 5.41) is 4.25. The quantitative estimate of drug-likeness (QED) is 0.270. The van der Waals surface area contributed by atoms with Crippen molar-refractivity contribution in [3.8, 4) is 0 Å². The summed E-state index contributed by atoms with van der Waals surface area (Å²) in [6, 6.07) is 13.3. The molecule has 158 valence electrons. The first-order valence-electron chi connectivity index (χ1n) is 9.79. The van der Waals surface area contributed by atoms with Crippen LogP contribution >= 0.6 is 35.6 Å². The molecule has 1 aromatic heterocycles. The van der Waals surface area contributed by atoms with Gasteiger partial charge in [-0.2, -0.15) is 0 Å². The number of rotatable bonds is 6. The number of halogens is 2. The van der Waals surface area contributed by atoms with E-state index in [-0.39, 0.29) is 29.5 Å². The molecule has 0 aliphatic carbocycles. The minimum Gasteiger partial charge on any atom is -0.367 e. The van der Waals surface area contributed by atoms with Crippen molar-refractivity contribution in [2.75, 3.05) is 44.7 Å². The van der Waals surface area contributed by atoms with Crippen molar-refractivity contribution in [1.82, 2.24) is 14.8 Å². The number of aromatic nitrogens is 1. The van der Waals surface area contributed by atoms with E-state index >= 15 is 0 Å². The van der Waals surface area contributed by atoms with Gasteiger partial charge in [-0.1, -0.05) is 29.8 Å². The molecule has 1 aliphatic heterocycles. The number of hydrogen-bond donors (Lipinski definition) is 1. The van der Waals surface area contributed by atoms with Gasteiger partial charge in [0, 0.05) is 58.6 Å². The molecule has 0 radical (unpaired) electrons. The van der Waals surface area contributed by atoms with E-state index in [1.807, 2.05) is 37.5 Å². The van der Waals surface area contributed by atoms with Gasteiger partial charge in [0.1, 0.15) is 0 Å². The summed E-state index contributed by atoms with van der Waals surface area (Å²) in [6.07, 6.45) is 3.78. The molecule has 0 spiro atoms. The predicted molar refractivity (Wildman–Crippen MR) is 132 cm³/mol. The van der Waals surface area contributed by atoms with Crippen LogP contribution in [0.4, 0.5) is 5.69 Å². The number of benzene rings is 1. The van der Waals surface area contributed by atoms with Gasteiger partial charge in [0.15, 0.2) is 5.96 Å². The molecule has 8 heteroatoms. The zero-order valence-corrected chi connectivity index (χ0v) is 19.8. The molecule has 0 atom stereocenters. The number of para-hydroxylation sites is 1. The SMILES string of the molecule is CN=C(NCCCCn1ccccc1=O)N1CCN(c2ccccc2Cl)CC1.I. The fourth-order valence-corrected chi connectivity index (χ4v) is 3.71. The molecular formula is C21H29ClIN5O. The fourth-order valence-electron chi connectivity index (χ4n) is 3.45. The van der Waals surface area contributed by atoms with E-state index in [1.54, 1.807) is 16.7 Å². The van der Waals surface area contributed by atoms with Crippen molar-refractivity contribution in [2.24, 2.45) is 4.99 Å². The average molecular weight is 530 g/mol. The predicted octanol–water partition coefficient (Wildman–Crippen LogP) is 3.30. The summed E-state index contributed by atoms with van der Waals surface area (Å²) in [7, 11) is 1.83. The van der Waals surface area contributed by atoms with Gasteiger partial charge < -0.3 is 19.7 Å². The summed E-state index contributed by atoms with van der Waals surface area (Å²) < 4.78 is 1.75. The van der Waals surface area contributed by atoms with Crippen LogP contribution in [-0.2, 0) is 6.54 Å². The molecule has 1 aromatic carbocycles. The highest BCUT2D eigenvalue weighted by molar-refractivity contribution is 14.0. The molecule has 6 nitrogen and oxygen atoms in total. The molecule has 29 heavy (non-hydrogen) atoms. The maximum absolute atomic E-state index is 11.7. The summed E-state index contributed by atoms with van der Waals surface area (Å²) in [4.78, 5) is 20.7. The van der Waals surface area contributed by atoms with E-state index in [9.17, 15) is 4.79 Å². The number of hydrogen-bond acceptors (Lipinski definition) is 3. The largest absolute Gasteiger partial charge is 0.367 e. The van der Waals surface area contributed by atoms with Gasteiger partial charge in [0.2, 0.25) is 5.56 Å². The third-order valence-electron chi connectivity index (χ3n) is 4.99. The number of aliphatic imine (C=N–C) groups is 1. The number of anilines is 1. The summed E-state index contributed by atoms with van der Waals surface area (Å²) in [5.41, 5.74) is 1.16. The molecule has 2 heterocycles. The Morgan fingerprint density at radius 3 is 2.48 bits per heavy atom. The van der Waals surface area contributed by atoms with Crippen LogP contribution in [0.2, 0.25) is 5.02 Å². The van der Waals surface area contributed by atoms with Crippen molar-refractivity contribution in [2.45, 2.75) is 19.4 Å². The second-order valence-corrected chi connectivity index (χ2v) is 7.25. The van der Waals surface area contributed by atoms with E-state index in [0.717, 1.165) is 68.8 Å². The number of guanidine groups is 1. The summed E-state index contributed by atoms with van der Waals surface area (Å²) in [5.74, 6) is 0.940. The third-order valence-corrected chi connectivity index (χ3v) is 5.31. The highest BCUT2D eigenvalue weighted by atomic mass is 127. The third kappa shape index (κ3) is 6.64. The molecule has 1 N–H and O–H groups in total. The molecule has 1 aliphatic rings. The normalized spacial score (nSPS) is 14.5. The van der Waals surface area contributed by atoms with Gasteiger partial charge in [-0.15, -0.1) is 24.0 Å². The molecule has 1 fully saturated rings. The molecule has 0 bridgehead atoms. The van der Waals surface area contributed by atoms with Gasteiger partial charge in [0.05, 0.1) is 10.7 Å². The Kier molecular flexibility index (Phi) is 9.80. The highest BCUT2D eigenvalue weighted by Gasteiger charge is 2.20. The van der Waals surface area contributed by atoms with Gasteiger partial charge in [-0.3, -0.25) is 9.79 Å². The van der Waals surface area contributed by atoms with Crippen molar-refractivity contribution >= 4 is 47.2 Å². The molecule has 1 saturated heterocycles. The summed E-state index contributed by atoms with van der Waals surface area (Å²) >= 11 is 6.32. The molecule has 0 amide bonds. The van der Waals surface area contributed by atoms with Gasteiger partial charge in [-0.05, 0) is 31.0 Å². The number of nitrogens with zero attached hydrogens (tertiary/aromatic N) is 4. The van der Waals surface area contributed by atoms with Crippen LogP contribution in [0.5, 0.6) is 0 Å². The number of aryl methyl sites for hydroxylation is 1. The van der Waals surface area contributed by atoms with Crippen molar-refractivity contribution in [3.05, 3.63) is 64.0 Å². The molecule has 0 unspecified atom stereocenters. The lowest BCUT2D eigenvalue weighted by Gasteiger charge is -2.38. The molecular weight excluding hydrogens is 501 g/mol. The Balaban J connectivity index is 0.00000300. The Morgan fingerprint density at radius 1 is 1.07 bits per heavy atom. The summed E-state index contributed by atoms with van der Waals surface area (Å²) in [6.45, 7) is 5.24. The maximum atomic E-state index is 11.7. The monoisotopic (exact) mass is 529 g/mol. The Labute approximate surface area is 194 Å². The number of nitrogens with one attached hydrogen (secondary N) is 1. The Morgan fingerprint density at radius 2 is 1.79 bits per heavy atom. The first-order chi connectivity index (χ1) is 13.7. The van der Waals surface area contributed by atoms with Crippen LogP contribution in [0, 0.1) is 0 Å². The number of unbranched alkanes of at least 4 members (excludes halogenated alkanes) is 1. The topological polar surface area (TPSA) is 52.9 Å². The van der Waals surface area contributed by atoms with E-state index in [0.29, 0.717) is 0 Å². The Hall–Kier alpha value is -1.74. The van der Waals surface area contributed by atoms with Crippen LogP contribution < -0.4 is 15.8 Å². The second kappa shape index (κ2) is 12.1. The van der Waals surface area contributed by atoms with Crippen LogP contribution in [0.3, 0.4) is 0 Å². The van der Waals surface area contributed by atoms with Crippen molar-refractivity contribution in [1.29, 1.82) is 0 Å². The Bertz CT molecular complexity index is 849. The lowest BCUT2D eigenvalue weighted by atomic mass is 10.2. The highest BCUT2D eigenvalue weighted by Crippen LogP contribution is 2.25. The number of pyridine rings is 1. The van der Waals surface area contributed by atoms with Gasteiger partial charge in [0.25, 0.3) is 0 Å². The smallest absolute Gasteiger partial charge is 0.250 e. The minimum absolute atomic E-state index is 0. The van der Waals surface area contributed by atoms with E-state index in [4.69, 9.17) is 11.6 Å². The van der Waals surface area contributed by atoms with Crippen LogP contribution in [0.1, 0.15) is 12.8 Å². The molecule has 0 saturated carbocycles. The van der Waals surface area contributed by atoms with Crippen LogP contribution in [0.25, 0.3) is 0 Å². The molecule has 3 rings (SSSR count). The average Bonchev–Trinajstić information content (AvgIpc) is 2.73. The molecule has 2 aromatic rings. The van der Waals surface area contributed by atoms with Gasteiger partial charge >= 0.3 is 0 Å². The second-order valence-electron chi connectivity index (χ2n) is 6.84. The fraction of sp³-hybridized carbons (Fsp3) is 0.429. The standard InChI is InChI=1S/C21H28ClN5O.HI/c1-23-21(24-11-5-7-13-26-12-6-4-10-20(26)28)27-16-14-25(15-17-27)19-9-3-2-8-18(19)22;/h2-4,6,8-10,12H,5,7,11,13-17H2,1H3,(H,23,24);1H. The van der Waals surface area contributed by atoms with E-state index < -0.39 is 0 Å². The lowest BCUT2D eigenvalue weighted by molar-refractivity contribution is 0.372. The van der Waals surface area contributed by atoms with Crippen molar-refractivity contribution < 1.29 is 0 Å². The van der Waals surface area contributed by atoms with Crippen molar-refractivity contribution in [3.63, 3.8) is 0 Å². The number of piperazine rings is 1. The van der Waals surface area contributed by atoms with E-state index in [2.05, 4.69) is 26.2 Å². The first-order valence-corrected chi connectivity index (χ1v) is 10.2. The van der Waals surface area contributed by atoms with Crippen LogP contribution in [-0.4, -0.2) is 55.2 Å². The maximum Gasteiger partial charge on any atom is 0.250 e. The van der Waals surface area contributed by atoms with Crippen LogP contribution in [0.15, 0.2) is 58.4 Å². The van der Waals surface area contributed by atoms with Gasteiger partial charge in [-0.25, -0.2) is 0 Å². The zero-order valence-electron chi connectivity index (χ0n) is 16.8.